The summed E-state index contributed by atoms with van der Waals surface area (Å²) in [4.78, 5) is 16.0. The van der Waals surface area contributed by atoms with Gasteiger partial charge in [-0.2, -0.15) is 8.78 Å². The van der Waals surface area contributed by atoms with Gasteiger partial charge < -0.3 is 15.2 Å². The van der Waals surface area contributed by atoms with Crippen LogP contribution in [-0.2, 0) is 24.4 Å². The van der Waals surface area contributed by atoms with Gasteiger partial charge in [-0.25, -0.2) is 0 Å². The van der Waals surface area contributed by atoms with E-state index < -0.39 is 6.61 Å². The van der Waals surface area contributed by atoms with Crippen LogP contribution in [0.1, 0.15) is 23.4 Å². The fraction of sp³-hybridized carbons (Fsp3) is 0.294. The highest BCUT2D eigenvalue weighted by Gasteiger charge is 2.07. The lowest BCUT2D eigenvalue weighted by molar-refractivity contribution is -0.121. The molecule has 0 unspecified atom stereocenters. The van der Waals surface area contributed by atoms with Crippen LogP contribution in [-0.4, -0.2) is 22.6 Å². The van der Waals surface area contributed by atoms with Gasteiger partial charge >= 0.3 is 6.61 Å². The standard InChI is InChI=1S/C17H18F2N2O3/c18-17(19)24-15-6-1-3-12(9-15)7-8-16(23)20-10-13-4-2-5-14(11-22)21-13/h1-6,9,17,22H,7-8,10-11H2,(H,20,23). The Morgan fingerprint density at radius 3 is 2.71 bits per heavy atom. The molecule has 24 heavy (non-hydrogen) atoms. The van der Waals surface area contributed by atoms with Crippen molar-refractivity contribution in [3.63, 3.8) is 0 Å². The van der Waals surface area contributed by atoms with Gasteiger partial charge in [0.2, 0.25) is 5.91 Å². The number of nitrogens with zero attached hydrogens (tertiary/aromatic N) is 1. The molecule has 5 nitrogen and oxygen atoms in total. The predicted molar refractivity (Wildman–Crippen MR) is 83.4 cm³/mol. The number of benzene rings is 1. The number of alkyl halides is 2. The van der Waals surface area contributed by atoms with Crippen molar-refractivity contribution in [2.24, 2.45) is 0 Å². The third-order valence-electron chi connectivity index (χ3n) is 3.26. The van der Waals surface area contributed by atoms with Crippen molar-refractivity contribution in [1.29, 1.82) is 0 Å². The highest BCUT2D eigenvalue weighted by molar-refractivity contribution is 5.76. The molecule has 0 radical (unpaired) electrons. The first-order valence-corrected chi connectivity index (χ1v) is 7.43. The minimum atomic E-state index is -2.87. The first kappa shape index (κ1) is 17.8. The van der Waals surface area contributed by atoms with E-state index in [9.17, 15) is 13.6 Å². The topological polar surface area (TPSA) is 71.5 Å². The zero-order valence-electron chi connectivity index (χ0n) is 12.9. The molecular formula is C17H18F2N2O3. The van der Waals surface area contributed by atoms with Gasteiger partial charge in [0.25, 0.3) is 0 Å². The fourth-order valence-electron chi connectivity index (χ4n) is 2.13. The molecule has 7 heteroatoms. The molecule has 1 heterocycles. The normalized spacial score (nSPS) is 10.7. The van der Waals surface area contributed by atoms with Gasteiger partial charge in [0.1, 0.15) is 5.75 Å². The molecule has 1 amide bonds. The molecule has 0 fully saturated rings. The van der Waals surface area contributed by atoms with Gasteiger partial charge in [-0.1, -0.05) is 18.2 Å². The summed E-state index contributed by atoms with van der Waals surface area (Å²) < 4.78 is 28.7. The zero-order valence-corrected chi connectivity index (χ0v) is 12.9. The van der Waals surface area contributed by atoms with Crippen LogP contribution >= 0.6 is 0 Å². The van der Waals surface area contributed by atoms with E-state index in [1.54, 1.807) is 30.3 Å². The monoisotopic (exact) mass is 336 g/mol. The average Bonchev–Trinajstić information content (AvgIpc) is 2.58. The highest BCUT2D eigenvalue weighted by atomic mass is 19.3. The van der Waals surface area contributed by atoms with Gasteiger partial charge in [-0.05, 0) is 36.2 Å². The van der Waals surface area contributed by atoms with E-state index in [0.29, 0.717) is 17.8 Å². The van der Waals surface area contributed by atoms with Crippen LogP contribution < -0.4 is 10.1 Å². The number of aromatic nitrogens is 1. The Hall–Kier alpha value is -2.54. The van der Waals surface area contributed by atoms with Gasteiger partial charge in [-0.15, -0.1) is 0 Å². The maximum Gasteiger partial charge on any atom is 0.387 e. The van der Waals surface area contributed by atoms with E-state index in [1.807, 2.05) is 0 Å². The number of hydrogen-bond donors (Lipinski definition) is 2. The number of nitrogens with one attached hydrogen (secondary N) is 1. The number of pyridine rings is 1. The largest absolute Gasteiger partial charge is 0.435 e. The second kappa shape index (κ2) is 8.93. The van der Waals surface area contributed by atoms with Crippen LogP contribution in [0.15, 0.2) is 42.5 Å². The van der Waals surface area contributed by atoms with E-state index in [0.717, 1.165) is 5.56 Å². The van der Waals surface area contributed by atoms with E-state index in [1.165, 1.54) is 12.1 Å². The molecule has 1 aromatic carbocycles. The lowest BCUT2D eigenvalue weighted by Crippen LogP contribution is -2.23. The number of ether oxygens (including phenoxy) is 1. The molecule has 0 aliphatic carbocycles. The summed E-state index contributed by atoms with van der Waals surface area (Å²) in [6, 6.07) is 11.5. The first-order valence-electron chi connectivity index (χ1n) is 7.43. The molecule has 0 aliphatic heterocycles. The molecule has 128 valence electrons. The van der Waals surface area contributed by atoms with Crippen molar-refractivity contribution >= 4 is 5.91 Å². The van der Waals surface area contributed by atoms with Gasteiger partial charge in [0.15, 0.2) is 0 Å². The number of aryl methyl sites for hydroxylation is 1. The number of hydrogen-bond acceptors (Lipinski definition) is 4. The molecule has 2 rings (SSSR count). The molecule has 0 spiro atoms. The molecule has 0 bridgehead atoms. The maximum atomic E-state index is 12.2. The second-order valence-electron chi connectivity index (χ2n) is 5.08. The quantitative estimate of drug-likeness (QED) is 0.777. The third-order valence-corrected chi connectivity index (χ3v) is 3.26. The number of aliphatic hydroxyl groups excluding tert-OH is 1. The number of rotatable bonds is 8. The molecule has 0 atom stereocenters. The Balaban J connectivity index is 1.80. The van der Waals surface area contributed by atoms with E-state index in [-0.39, 0.29) is 31.2 Å². The van der Waals surface area contributed by atoms with Gasteiger partial charge in [0, 0.05) is 6.42 Å². The molecule has 0 saturated carbocycles. The number of amides is 1. The first-order chi connectivity index (χ1) is 11.6. The summed E-state index contributed by atoms with van der Waals surface area (Å²) in [6.45, 7) is -2.76. The van der Waals surface area contributed by atoms with Crippen LogP contribution in [0.2, 0.25) is 0 Å². The highest BCUT2D eigenvalue weighted by Crippen LogP contribution is 2.16. The van der Waals surface area contributed by atoms with Crippen molar-refractivity contribution < 1.29 is 23.4 Å². The lowest BCUT2D eigenvalue weighted by Gasteiger charge is -2.08. The second-order valence-corrected chi connectivity index (χ2v) is 5.08. The molecule has 0 saturated heterocycles. The summed E-state index contributed by atoms with van der Waals surface area (Å²) in [7, 11) is 0. The zero-order chi connectivity index (χ0) is 17.4. The van der Waals surface area contributed by atoms with Crippen LogP contribution in [0.5, 0.6) is 5.75 Å². The number of carbonyl (C=O) groups is 1. The Morgan fingerprint density at radius 2 is 1.96 bits per heavy atom. The number of carbonyl (C=O) groups excluding carboxylic acids is 1. The van der Waals surface area contributed by atoms with E-state index >= 15 is 0 Å². The minimum Gasteiger partial charge on any atom is -0.435 e. The van der Waals surface area contributed by atoms with Crippen LogP contribution in [0.3, 0.4) is 0 Å². The number of aliphatic hydroxyl groups is 1. The maximum absolute atomic E-state index is 12.2. The molecular weight excluding hydrogens is 318 g/mol. The molecule has 2 N–H and O–H groups in total. The summed E-state index contributed by atoms with van der Waals surface area (Å²) >= 11 is 0. The Morgan fingerprint density at radius 1 is 1.21 bits per heavy atom. The Bertz CT molecular complexity index is 680. The SMILES string of the molecule is O=C(CCc1cccc(OC(F)F)c1)NCc1cccc(CO)n1. The van der Waals surface area contributed by atoms with Crippen LogP contribution in [0, 0.1) is 0 Å². The lowest BCUT2D eigenvalue weighted by atomic mass is 10.1. The average molecular weight is 336 g/mol. The van der Waals surface area contributed by atoms with E-state index in [2.05, 4.69) is 15.0 Å². The van der Waals surface area contributed by atoms with Gasteiger partial charge in [-0.3, -0.25) is 9.78 Å². The Labute approximate surface area is 138 Å². The van der Waals surface area contributed by atoms with Crippen molar-refractivity contribution in [1.82, 2.24) is 10.3 Å². The van der Waals surface area contributed by atoms with E-state index in [4.69, 9.17) is 5.11 Å². The van der Waals surface area contributed by atoms with Crippen molar-refractivity contribution in [2.45, 2.75) is 32.6 Å². The molecule has 2 aromatic rings. The summed E-state index contributed by atoms with van der Waals surface area (Å²) in [6.07, 6.45) is 0.633. The summed E-state index contributed by atoms with van der Waals surface area (Å²) in [5, 5.41) is 11.8. The van der Waals surface area contributed by atoms with Crippen molar-refractivity contribution in [2.75, 3.05) is 0 Å². The summed E-state index contributed by atoms with van der Waals surface area (Å²) in [5.74, 6) is -0.0979. The number of halogens is 2. The van der Waals surface area contributed by atoms with Crippen LogP contribution in [0.25, 0.3) is 0 Å². The predicted octanol–water partition coefficient (Wildman–Crippen LogP) is 2.42. The molecule has 0 aliphatic rings. The smallest absolute Gasteiger partial charge is 0.387 e. The minimum absolute atomic E-state index is 0.0768. The fourth-order valence-corrected chi connectivity index (χ4v) is 2.13. The third kappa shape index (κ3) is 5.92. The van der Waals surface area contributed by atoms with Crippen molar-refractivity contribution in [3.05, 3.63) is 59.4 Å². The summed E-state index contributed by atoms with van der Waals surface area (Å²) in [5.41, 5.74) is 1.93. The van der Waals surface area contributed by atoms with Gasteiger partial charge in [0.05, 0.1) is 24.5 Å². The van der Waals surface area contributed by atoms with Crippen LogP contribution in [0.4, 0.5) is 8.78 Å². The Kier molecular flexibility index (Phi) is 6.62. The van der Waals surface area contributed by atoms with Crippen molar-refractivity contribution in [3.8, 4) is 5.75 Å². The molecule has 1 aromatic heterocycles.